The highest BCUT2D eigenvalue weighted by Crippen LogP contribution is 2.36. The van der Waals surface area contributed by atoms with Gasteiger partial charge in [0.15, 0.2) is 0 Å². The van der Waals surface area contributed by atoms with Crippen LogP contribution in [-0.2, 0) is 6.42 Å². The highest BCUT2D eigenvalue weighted by molar-refractivity contribution is 9.10. The normalized spacial score (nSPS) is 15.2. The average Bonchev–Trinajstić information content (AvgIpc) is 2.52. The summed E-state index contributed by atoms with van der Waals surface area (Å²) in [5.41, 5.74) is 6.23. The molecule has 1 atom stereocenters. The average molecular weight is 368 g/mol. The number of rotatable bonds is 3. The van der Waals surface area contributed by atoms with Crippen LogP contribution in [0.2, 0.25) is 5.02 Å². The molecule has 2 aromatic carbocycles. The largest absolute Gasteiger partial charge is 0.493 e. The van der Waals surface area contributed by atoms with Gasteiger partial charge in [-0.2, -0.15) is 0 Å². The van der Waals surface area contributed by atoms with Gasteiger partial charge in [0.2, 0.25) is 0 Å². The number of nitrogens with one attached hydrogen (secondary N) is 1. The molecule has 0 fully saturated rings. The molecule has 2 aromatic rings. The molecule has 0 saturated heterocycles. The number of hydrogen-bond donors (Lipinski definition) is 2. The molecule has 1 aliphatic heterocycles. The van der Waals surface area contributed by atoms with Gasteiger partial charge in [0, 0.05) is 10.0 Å². The summed E-state index contributed by atoms with van der Waals surface area (Å²) in [7, 11) is 0. The SMILES string of the molecule is NNC(c1ccc(Cl)c(Br)c1)c1cccc2c1OCCC2. The van der Waals surface area contributed by atoms with Gasteiger partial charge in [0.05, 0.1) is 17.7 Å². The lowest BCUT2D eigenvalue weighted by Crippen LogP contribution is -2.29. The summed E-state index contributed by atoms with van der Waals surface area (Å²) in [6.45, 7) is 0.756. The first kappa shape index (κ1) is 14.9. The molecule has 3 rings (SSSR count). The zero-order chi connectivity index (χ0) is 14.8. The van der Waals surface area contributed by atoms with E-state index in [0.717, 1.165) is 40.8 Å². The predicted octanol–water partition coefficient (Wildman–Crippen LogP) is 3.98. The summed E-state index contributed by atoms with van der Waals surface area (Å²) < 4.78 is 6.73. The first-order valence-electron chi connectivity index (χ1n) is 6.86. The number of halogens is 2. The Bertz CT molecular complexity index is 663. The topological polar surface area (TPSA) is 47.3 Å². The molecule has 5 heteroatoms. The molecule has 3 nitrogen and oxygen atoms in total. The van der Waals surface area contributed by atoms with Crippen LogP contribution in [0.5, 0.6) is 5.75 Å². The van der Waals surface area contributed by atoms with E-state index in [1.54, 1.807) is 0 Å². The van der Waals surface area contributed by atoms with Crippen molar-refractivity contribution in [3.63, 3.8) is 0 Å². The van der Waals surface area contributed by atoms with Crippen LogP contribution < -0.4 is 16.0 Å². The predicted molar refractivity (Wildman–Crippen MR) is 88.6 cm³/mol. The van der Waals surface area contributed by atoms with Gasteiger partial charge in [-0.15, -0.1) is 0 Å². The van der Waals surface area contributed by atoms with Crippen LogP contribution in [0.1, 0.15) is 29.2 Å². The molecule has 0 amide bonds. The number of fused-ring (bicyclic) bond motifs is 1. The molecule has 1 aliphatic rings. The van der Waals surface area contributed by atoms with E-state index in [2.05, 4.69) is 39.6 Å². The lowest BCUT2D eigenvalue weighted by molar-refractivity contribution is 0.283. The third kappa shape index (κ3) is 2.94. The lowest BCUT2D eigenvalue weighted by Gasteiger charge is -2.25. The number of nitrogens with two attached hydrogens (primary N) is 1. The van der Waals surface area contributed by atoms with E-state index in [1.807, 2.05) is 18.2 Å². The van der Waals surface area contributed by atoms with E-state index < -0.39 is 0 Å². The van der Waals surface area contributed by atoms with Crippen molar-refractivity contribution in [3.05, 3.63) is 62.6 Å². The molecule has 1 heterocycles. The molecule has 0 saturated carbocycles. The minimum atomic E-state index is -0.133. The molecule has 3 N–H and O–H groups in total. The molecule has 0 bridgehead atoms. The van der Waals surface area contributed by atoms with Gasteiger partial charge in [0.1, 0.15) is 5.75 Å². The fourth-order valence-electron chi connectivity index (χ4n) is 2.70. The minimum Gasteiger partial charge on any atom is -0.493 e. The van der Waals surface area contributed by atoms with E-state index in [9.17, 15) is 0 Å². The van der Waals surface area contributed by atoms with Crippen LogP contribution >= 0.6 is 27.5 Å². The van der Waals surface area contributed by atoms with E-state index >= 15 is 0 Å². The fourth-order valence-corrected chi connectivity index (χ4v) is 3.21. The number of para-hydroxylation sites is 1. The summed E-state index contributed by atoms with van der Waals surface area (Å²) in [5.74, 6) is 6.76. The van der Waals surface area contributed by atoms with Crippen LogP contribution in [0.15, 0.2) is 40.9 Å². The maximum absolute atomic E-state index is 6.07. The molecular weight excluding hydrogens is 352 g/mol. The van der Waals surface area contributed by atoms with Crippen LogP contribution in [0.25, 0.3) is 0 Å². The smallest absolute Gasteiger partial charge is 0.127 e. The monoisotopic (exact) mass is 366 g/mol. The second-order valence-corrected chi connectivity index (χ2v) is 6.32. The molecule has 0 aliphatic carbocycles. The summed E-state index contributed by atoms with van der Waals surface area (Å²) in [6.07, 6.45) is 2.11. The summed E-state index contributed by atoms with van der Waals surface area (Å²) >= 11 is 9.53. The zero-order valence-electron chi connectivity index (χ0n) is 11.4. The molecule has 0 aromatic heterocycles. The van der Waals surface area contributed by atoms with Crippen molar-refractivity contribution in [2.45, 2.75) is 18.9 Å². The van der Waals surface area contributed by atoms with Gasteiger partial charge in [-0.25, -0.2) is 5.43 Å². The maximum atomic E-state index is 6.07. The highest BCUT2D eigenvalue weighted by atomic mass is 79.9. The van der Waals surface area contributed by atoms with Gasteiger partial charge in [-0.3, -0.25) is 5.84 Å². The summed E-state index contributed by atoms with van der Waals surface area (Å²) in [5, 5.41) is 0.681. The van der Waals surface area contributed by atoms with E-state index in [4.69, 9.17) is 22.2 Å². The number of hydrogen-bond acceptors (Lipinski definition) is 3. The molecule has 0 radical (unpaired) electrons. The fraction of sp³-hybridized carbons (Fsp3) is 0.250. The highest BCUT2D eigenvalue weighted by Gasteiger charge is 2.22. The van der Waals surface area contributed by atoms with Crippen molar-refractivity contribution in [2.75, 3.05) is 6.61 Å². The third-order valence-corrected chi connectivity index (χ3v) is 4.93. The molecule has 1 unspecified atom stereocenters. The minimum absolute atomic E-state index is 0.133. The Hall–Kier alpha value is -1.07. The van der Waals surface area contributed by atoms with Crippen molar-refractivity contribution in [1.29, 1.82) is 0 Å². The van der Waals surface area contributed by atoms with Crippen LogP contribution in [0.3, 0.4) is 0 Å². The Labute approximate surface area is 137 Å². The zero-order valence-corrected chi connectivity index (χ0v) is 13.7. The van der Waals surface area contributed by atoms with Crippen molar-refractivity contribution in [3.8, 4) is 5.75 Å². The van der Waals surface area contributed by atoms with Gasteiger partial charge >= 0.3 is 0 Å². The van der Waals surface area contributed by atoms with E-state index in [0.29, 0.717) is 5.02 Å². The van der Waals surface area contributed by atoms with Crippen molar-refractivity contribution in [1.82, 2.24) is 5.43 Å². The van der Waals surface area contributed by atoms with Crippen LogP contribution in [0.4, 0.5) is 0 Å². The van der Waals surface area contributed by atoms with Crippen molar-refractivity contribution in [2.24, 2.45) is 5.84 Å². The van der Waals surface area contributed by atoms with Gasteiger partial charge in [0.25, 0.3) is 0 Å². The quantitative estimate of drug-likeness (QED) is 0.637. The van der Waals surface area contributed by atoms with E-state index in [1.165, 1.54) is 5.56 Å². The molecule has 0 spiro atoms. The Morgan fingerprint density at radius 3 is 2.90 bits per heavy atom. The Balaban J connectivity index is 2.06. The van der Waals surface area contributed by atoms with Gasteiger partial charge in [-0.1, -0.05) is 35.9 Å². The van der Waals surface area contributed by atoms with E-state index in [-0.39, 0.29) is 6.04 Å². The second-order valence-electron chi connectivity index (χ2n) is 5.06. The summed E-state index contributed by atoms with van der Waals surface area (Å²) in [6, 6.07) is 11.9. The first-order valence-corrected chi connectivity index (χ1v) is 8.03. The molecular formula is C16H16BrClN2O. The van der Waals surface area contributed by atoms with Crippen molar-refractivity contribution < 1.29 is 4.74 Å². The third-order valence-electron chi connectivity index (χ3n) is 3.72. The second kappa shape index (κ2) is 6.36. The lowest BCUT2D eigenvalue weighted by atomic mass is 9.94. The number of benzene rings is 2. The van der Waals surface area contributed by atoms with Crippen LogP contribution in [0, 0.1) is 0 Å². The van der Waals surface area contributed by atoms with Crippen molar-refractivity contribution >= 4 is 27.5 Å². The summed E-state index contributed by atoms with van der Waals surface area (Å²) in [4.78, 5) is 0. The Morgan fingerprint density at radius 2 is 2.14 bits per heavy atom. The molecule has 110 valence electrons. The molecule has 21 heavy (non-hydrogen) atoms. The first-order chi connectivity index (χ1) is 10.2. The van der Waals surface area contributed by atoms with Crippen LogP contribution in [-0.4, -0.2) is 6.61 Å². The number of aryl methyl sites for hydroxylation is 1. The number of ether oxygens (including phenoxy) is 1. The Kier molecular flexibility index (Phi) is 4.50. The standard InChI is InChI=1S/C16H16BrClN2O/c17-13-9-11(6-7-14(13)18)15(20-19)12-5-1-3-10-4-2-8-21-16(10)12/h1,3,5-7,9,15,20H,2,4,8,19H2. The van der Waals surface area contributed by atoms with Gasteiger partial charge < -0.3 is 4.74 Å². The Morgan fingerprint density at radius 1 is 1.29 bits per heavy atom. The number of hydrazine groups is 1. The maximum Gasteiger partial charge on any atom is 0.127 e. The van der Waals surface area contributed by atoms with Gasteiger partial charge in [-0.05, 0) is 52.0 Å².